The molecule has 2 N–H and O–H groups in total. The van der Waals surface area contributed by atoms with Gasteiger partial charge in [-0.15, -0.1) is 0 Å². The number of piperidine rings is 1. The summed E-state index contributed by atoms with van der Waals surface area (Å²) in [6.07, 6.45) is 2.76. The molecule has 1 aromatic rings. The molecule has 2 heterocycles. The number of aliphatic imine (C=N–C) groups is 1. The SMILES string of the molecule is CN=C(NCCS(=O)Cc1ccccc1)N1CCCC2(CNC(=O)C2)C1. The van der Waals surface area contributed by atoms with Gasteiger partial charge in [-0.1, -0.05) is 30.3 Å². The first-order valence-electron chi connectivity index (χ1n) is 9.21. The lowest BCUT2D eigenvalue weighted by atomic mass is 9.79. The molecule has 0 aromatic heterocycles. The molecule has 6 nitrogen and oxygen atoms in total. The fourth-order valence-electron chi connectivity index (χ4n) is 3.87. The largest absolute Gasteiger partial charge is 0.355 e. The van der Waals surface area contributed by atoms with E-state index < -0.39 is 10.8 Å². The van der Waals surface area contributed by atoms with Crippen LogP contribution < -0.4 is 10.6 Å². The maximum atomic E-state index is 12.3. The van der Waals surface area contributed by atoms with Gasteiger partial charge in [0.2, 0.25) is 5.91 Å². The van der Waals surface area contributed by atoms with Crippen LogP contribution in [0.15, 0.2) is 35.3 Å². The summed E-state index contributed by atoms with van der Waals surface area (Å²) in [4.78, 5) is 18.3. The third-order valence-electron chi connectivity index (χ3n) is 5.15. The Morgan fingerprint density at radius 3 is 2.88 bits per heavy atom. The molecule has 0 saturated carbocycles. The summed E-state index contributed by atoms with van der Waals surface area (Å²) >= 11 is 0. The zero-order valence-corrected chi connectivity index (χ0v) is 16.2. The Morgan fingerprint density at radius 1 is 1.38 bits per heavy atom. The Hall–Kier alpha value is -1.89. The average Bonchev–Trinajstić information content (AvgIpc) is 2.99. The molecule has 0 radical (unpaired) electrons. The number of hydrogen-bond acceptors (Lipinski definition) is 3. The molecule has 142 valence electrons. The van der Waals surface area contributed by atoms with E-state index in [0.29, 0.717) is 24.5 Å². The molecule has 2 aliphatic rings. The summed E-state index contributed by atoms with van der Waals surface area (Å²) in [5.41, 5.74) is 1.15. The summed E-state index contributed by atoms with van der Waals surface area (Å²) < 4.78 is 12.3. The van der Waals surface area contributed by atoms with Crippen LogP contribution in [0.4, 0.5) is 0 Å². The molecule has 1 spiro atoms. The maximum Gasteiger partial charge on any atom is 0.220 e. The quantitative estimate of drug-likeness (QED) is 0.596. The monoisotopic (exact) mass is 376 g/mol. The van der Waals surface area contributed by atoms with Crippen molar-refractivity contribution in [3.63, 3.8) is 0 Å². The van der Waals surface area contributed by atoms with Gasteiger partial charge >= 0.3 is 0 Å². The van der Waals surface area contributed by atoms with Gasteiger partial charge in [0, 0.05) is 67.4 Å². The minimum Gasteiger partial charge on any atom is -0.355 e. The number of guanidine groups is 1. The Labute approximate surface area is 157 Å². The van der Waals surface area contributed by atoms with Crippen molar-refractivity contribution in [1.29, 1.82) is 0 Å². The third kappa shape index (κ3) is 4.84. The predicted octanol–water partition coefficient (Wildman–Crippen LogP) is 1.11. The van der Waals surface area contributed by atoms with E-state index in [1.54, 1.807) is 7.05 Å². The van der Waals surface area contributed by atoms with Crippen molar-refractivity contribution < 1.29 is 9.00 Å². The number of rotatable bonds is 5. The molecule has 1 amide bonds. The number of likely N-dealkylation sites (tertiary alicyclic amines) is 1. The van der Waals surface area contributed by atoms with Crippen LogP contribution in [0.2, 0.25) is 0 Å². The lowest BCUT2D eigenvalue weighted by molar-refractivity contribution is -0.119. The lowest BCUT2D eigenvalue weighted by Crippen LogP contribution is -2.51. The molecular weight excluding hydrogens is 348 g/mol. The molecule has 0 aliphatic carbocycles. The molecule has 2 atom stereocenters. The van der Waals surface area contributed by atoms with Crippen molar-refractivity contribution >= 4 is 22.7 Å². The van der Waals surface area contributed by atoms with Crippen LogP contribution in [0.5, 0.6) is 0 Å². The number of amides is 1. The van der Waals surface area contributed by atoms with E-state index >= 15 is 0 Å². The summed E-state index contributed by atoms with van der Waals surface area (Å²) in [5.74, 6) is 2.18. The maximum absolute atomic E-state index is 12.3. The van der Waals surface area contributed by atoms with Gasteiger partial charge < -0.3 is 15.5 Å². The first kappa shape index (κ1) is 18.9. The van der Waals surface area contributed by atoms with E-state index in [4.69, 9.17) is 0 Å². The van der Waals surface area contributed by atoms with Crippen LogP contribution in [-0.4, -0.2) is 60.0 Å². The van der Waals surface area contributed by atoms with E-state index in [0.717, 1.165) is 44.0 Å². The molecule has 2 fully saturated rings. The highest BCUT2D eigenvalue weighted by Crippen LogP contribution is 2.35. The van der Waals surface area contributed by atoms with E-state index in [1.165, 1.54) is 0 Å². The number of benzene rings is 1. The predicted molar refractivity (Wildman–Crippen MR) is 105 cm³/mol. The first-order valence-corrected chi connectivity index (χ1v) is 10.7. The van der Waals surface area contributed by atoms with Gasteiger partial charge in [0.15, 0.2) is 5.96 Å². The first-order chi connectivity index (χ1) is 12.6. The molecule has 3 rings (SSSR count). The van der Waals surface area contributed by atoms with Gasteiger partial charge in [0.05, 0.1) is 0 Å². The van der Waals surface area contributed by atoms with E-state index in [2.05, 4.69) is 20.5 Å². The molecule has 1 aromatic carbocycles. The van der Waals surface area contributed by atoms with Crippen LogP contribution in [-0.2, 0) is 21.3 Å². The van der Waals surface area contributed by atoms with Crippen LogP contribution in [0.25, 0.3) is 0 Å². The fraction of sp³-hybridized carbons (Fsp3) is 0.579. The average molecular weight is 377 g/mol. The van der Waals surface area contributed by atoms with Gasteiger partial charge in [-0.2, -0.15) is 0 Å². The van der Waals surface area contributed by atoms with Crippen LogP contribution in [0.3, 0.4) is 0 Å². The molecule has 2 aliphatic heterocycles. The van der Waals surface area contributed by atoms with Crippen molar-refractivity contribution in [2.24, 2.45) is 10.4 Å². The minimum absolute atomic E-state index is 0.0447. The number of hydrogen-bond donors (Lipinski definition) is 2. The van der Waals surface area contributed by atoms with E-state index in [1.807, 2.05) is 30.3 Å². The highest BCUT2D eigenvalue weighted by atomic mass is 32.2. The normalized spacial score (nSPS) is 24.6. The zero-order chi connectivity index (χ0) is 18.4. The van der Waals surface area contributed by atoms with Crippen LogP contribution in [0, 0.1) is 5.41 Å². The van der Waals surface area contributed by atoms with Crippen LogP contribution >= 0.6 is 0 Å². The molecule has 2 unspecified atom stereocenters. The van der Waals surface area contributed by atoms with Gasteiger partial charge in [-0.25, -0.2) is 0 Å². The number of carbonyl (C=O) groups is 1. The Bertz CT molecular complexity index is 679. The van der Waals surface area contributed by atoms with Gasteiger partial charge in [-0.05, 0) is 18.4 Å². The lowest BCUT2D eigenvalue weighted by Gasteiger charge is -2.40. The Morgan fingerprint density at radius 2 is 2.19 bits per heavy atom. The van der Waals surface area contributed by atoms with Crippen LogP contribution in [0.1, 0.15) is 24.8 Å². The summed E-state index contributed by atoms with van der Waals surface area (Å²) in [6.45, 7) is 3.19. The number of carbonyl (C=O) groups excluding carboxylic acids is 1. The van der Waals surface area contributed by atoms with Crippen molar-refractivity contribution in [2.75, 3.05) is 39.0 Å². The fourth-order valence-corrected chi connectivity index (χ4v) is 4.91. The Balaban J connectivity index is 1.47. The zero-order valence-electron chi connectivity index (χ0n) is 15.4. The second-order valence-electron chi connectivity index (χ2n) is 7.23. The highest BCUT2D eigenvalue weighted by molar-refractivity contribution is 7.84. The molecule has 0 bridgehead atoms. The number of nitrogens with one attached hydrogen (secondary N) is 2. The smallest absolute Gasteiger partial charge is 0.220 e. The van der Waals surface area contributed by atoms with Gasteiger partial charge in [0.25, 0.3) is 0 Å². The minimum atomic E-state index is -0.898. The van der Waals surface area contributed by atoms with E-state index in [9.17, 15) is 9.00 Å². The molecule has 26 heavy (non-hydrogen) atoms. The van der Waals surface area contributed by atoms with Gasteiger partial charge in [-0.3, -0.25) is 14.0 Å². The van der Waals surface area contributed by atoms with Crippen molar-refractivity contribution in [3.05, 3.63) is 35.9 Å². The highest BCUT2D eigenvalue weighted by Gasteiger charge is 2.42. The second kappa shape index (κ2) is 8.66. The second-order valence-corrected chi connectivity index (χ2v) is 8.80. The van der Waals surface area contributed by atoms with Crippen molar-refractivity contribution in [3.8, 4) is 0 Å². The number of nitrogens with zero attached hydrogens (tertiary/aromatic N) is 2. The van der Waals surface area contributed by atoms with Crippen molar-refractivity contribution in [1.82, 2.24) is 15.5 Å². The molecule has 2 saturated heterocycles. The summed E-state index contributed by atoms with van der Waals surface area (Å²) in [7, 11) is 0.882. The summed E-state index contributed by atoms with van der Waals surface area (Å²) in [5, 5.41) is 6.32. The molecular formula is C19H28N4O2S. The van der Waals surface area contributed by atoms with Gasteiger partial charge in [0.1, 0.15) is 0 Å². The molecule has 7 heteroatoms. The van der Waals surface area contributed by atoms with E-state index in [-0.39, 0.29) is 11.3 Å². The third-order valence-corrected chi connectivity index (χ3v) is 6.47. The topological polar surface area (TPSA) is 73.8 Å². The Kier molecular flexibility index (Phi) is 6.29. The van der Waals surface area contributed by atoms with Crippen molar-refractivity contribution in [2.45, 2.75) is 25.0 Å². The summed E-state index contributed by atoms with van der Waals surface area (Å²) in [6, 6.07) is 9.93. The standard InChI is InChI=1S/C19H28N4O2S/c1-20-18(21-9-11-26(25)13-16-6-3-2-4-7-16)23-10-5-8-19(15-23)12-17(24)22-14-19/h2-4,6-7H,5,8-15H2,1H3,(H,20,21)(H,22,24).